The molecule has 0 fully saturated rings. The molecule has 0 radical (unpaired) electrons. The molecule has 1 aliphatic heterocycles. The van der Waals surface area contributed by atoms with E-state index in [0.717, 1.165) is 5.57 Å². The van der Waals surface area contributed by atoms with Crippen LogP contribution in [0.1, 0.15) is 12.3 Å². The van der Waals surface area contributed by atoms with Crippen LogP contribution in [0.3, 0.4) is 0 Å². The molecule has 1 aromatic carbocycles. The van der Waals surface area contributed by atoms with Crippen molar-refractivity contribution < 1.29 is 4.74 Å². The molecule has 2 atom stereocenters. The fourth-order valence-electron chi connectivity index (χ4n) is 3.17. The maximum Gasteiger partial charge on any atom is 0.354 e. The summed E-state index contributed by atoms with van der Waals surface area (Å²) in [5.41, 5.74) is 0.641. The minimum atomic E-state index is -0.586. The van der Waals surface area contributed by atoms with Crippen LogP contribution in [-0.4, -0.2) is 21.0 Å². The summed E-state index contributed by atoms with van der Waals surface area (Å²) < 4.78 is 9.52. The monoisotopic (exact) mass is 309 g/mol. The first kappa shape index (κ1) is 13.8. The zero-order chi connectivity index (χ0) is 16.0. The Morgan fingerprint density at radius 2 is 1.70 bits per heavy atom. The van der Waals surface area contributed by atoms with Gasteiger partial charge in [0.2, 0.25) is 0 Å². The summed E-state index contributed by atoms with van der Waals surface area (Å²) in [7, 11) is 1.54. The fourth-order valence-corrected chi connectivity index (χ4v) is 3.17. The van der Waals surface area contributed by atoms with Gasteiger partial charge in [0.05, 0.1) is 11.7 Å². The Labute approximate surface area is 131 Å². The average Bonchev–Trinajstić information content (AvgIpc) is 2.88. The zero-order valence-electron chi connectivity index (χ0n) is 12.5. The van der Waals surface area contributed by atoms with Crippen LogP contribution in [-0.2, 0) is 4.74 Å². The standard InChI is InChI=1S/C17H15N3O3/c1-23-15-13-10-6-3-7-11-14(13)19-16(21)18(17(22)20(15)19)12-8-4-2-5-9-12/h2-11,14-15H,1H3/t14-,15+/m1/s1. The predicted octanol–water partition coefficient (Wildman–Crippen LogP) is 1.55. The lowest BCUT2D eigenvalue weighted by molar-refractivity contribution is 0.0708. The van der Waals surface area contributed by atoms with Crippen LogP contribution in [0.25, 0.3) is 5.69 Å². The first-order valence-electron chi connectivity index (χ1n) is 7.33. The Bertz CT molecular complexity index is 957. The van der Waals surface area contributed by atoms with Crippen molar-refractivity contribution >= 4 is 0 Å². The third-order valence-electron chi connectivity index (χ3n) is 4.16. The van der Waals surface area contributed by atoms with Crippen molar-refractivity contribution in [1.29, 1.82) is 0 Å². The molecule has 0 saturated heterocycles. The van der Waals surface area contributed by atoms with Crippen molar-refractivity contribution in [3.05, 3.63) is 87.3 Å². The second-order valence-electron chi connectivity index (χ2n) is 5.39. The Morgan fingerprint density at radius 3 is 2.43 bits per heavy atom. The summed E-state index contributed by atoms with van der Waals surface area (Å²) in [6.45, 7) is 0. The van der Waals surface area contributed by atoms with Crippen molar-refractivity contribution in [3.8, 4) is 5.69 Å². The number of benzene rings is 1. The first-order chi connectivity index (χ1) is 11.2. The maximum atomic E-state index is 12.9. The van der Waals surface area contributed by atoms with Gasteiger partial charge >= 0.3 is 11.4 Å². The van der Waals surface area contributed by atoms with E-state index in [1.54, 1.807) is 24.3 Å². The second kappa shape index (κ2) is 5.10. The van der Waals surface area contributed by atoms with Crippen LogP contribution in [0.15, 0.2) is 75.9 Å². The molecule has 0 amide bonds. The number of para-hydroxylation sites is 1. The van der Waals surface area contributed by atoms with Crippen molar-refractivity contribution in [2.45, 2.75) is 12.3 Å². The van der Waals surface area contributed by atoms with Gasteiger partial charge in [0.25, 0.3) is 0 Å². The summed E-state index contributed by atoms with van der Waals surface area (Å²) >= 11 is 0. The van der Waals surface area contributed by atoms with Crippen molar-refractivity contribution in [3.63, 3.8) is 0 Å². The topological polar surface area (TPSA) is 58.2 Å². The van der Waals surface area contributed by atoms with Crippen molar-refractivity contribution in [2.24, 2.45) is 0 Å². The number of rotatable bonds is 2. The second-order valence-corrected chi connectivity index (χ2v) is 5.39. The highest BCUT2D eigenvalue weighted by Crippen LogP contribution is 2.36. The van der Waals surface area contributed by atoms with Gasteiger partial charge in [-0.3, -0.25) is 0 Å². The van der Waals surface area contributed by atoms with Crippen LogP contribution in [0.5, 0.6) is 0 Å². The van der Waals surface area contributed by atoms with E-state index >= 15 is 0 Å². The normalized spacial score (nSPS) is 21.7. The van der Waals surface area contributed by atoms with E-state index < -0.39 is 11.9 Å². The van der Waals surface area contributed by atoms with Crippen LogP contribution < -0.4 is 11.4 Å². The van der Waals surface area contributed by atoms with Gasteiger partial charge in [-0.2, -0.15) is 4.68 Å². The number of nitrogens with zero attached hydrogens (tertiary/aromatic N) is 3. The van der Waals surface area contributed by atoms with Crippen LogP contribution in [0, 0.1) is 0 Å². The van der Waals surface area contributed by atoms with E-state index in [1.165, 1.54) is 21.0 Å². The third-order valence-corrected chi connectivity index (χ3v) is 4.16. The van der Waals surface area contributed by atoms with Crippen LogP contribution in [0.4, 0.5) is 0 Å². The van der Waals surface area contributed by atoms with Gasteiger partial charge < -0.3 is 4.74 Å². The van der Waals surface area contributed by atoms with E-state index in [4.69, 9.17) is 4.74 Å². The number of hydrogen-bond donors (Lipinski definition) is 0. The minimum Gasteiger partial charge on any atom is -0.355 e. The van der Waals surface area contributed by atoms with Gasteiger partial charge in [0.1, 0.15) is 0 Å². The van der Waals surface area contributed by atoms with E-state index in [-0.39, 0.29) is 11.7 Å². The quantitative estimate of drug-likeness (QED) is 0.846. The largest absolute Gasteiger partial charge is 0.355 e. The van der Waals surface area contributed by atoms with E-state index in [0.29, 0.717) is 5.69 Å². The molecular weight excluding hydrogens is 294 g/mol. The Balaban J connectivity index is 2.02. The third kappa shape index (κ3) is 1.85. The molecule has 6 heteroatoms. The van der Waals surface area contributed by atoms with Gasteiger partial charge in [0, 0.05) is 12.7 Å². The molecule has 2 aliphatic rings. The molecule has 2 aromatic rings. The van der Waals surface area contributed by atoms with Crippen molar-refractivity contribution in [1.82, 2.24) is 13.9 Å². The molecule has 116 valence electrons. The lowest BCUT2D eigenvalue weighted by Gasteiger charge is -2.12. The Kier molecular flexibility index (Phi) is 3.06. The molecule has 4 rings (SSSR count). The average molecular weight is 309 g/mol. The molecule has 0 bridgehead atoms. The van der Waals surface area contributed by atoms with Crippen LogP contribution >= 0.6 is 0 Å². The Hall–Kier alpha value is -2.86. The van der Waals surface area contributed by atoms with Gasteiger partial charge in [-0.05, 0) is 12.1 Å². The number of ether oxygens (including phenoxy) is 1. The maximum absolute atomic E-state index is 12.9. The number of fused-ring (bicyclic) bond motifs is 3. The van der Waals surface area contributed by atoms with Gasteiger partial charge in [0.15, 0.2) is 6.23 Å². The highest BCUT2D eigenvalue weighted by atomic mass is 16.5. The summed E-state index contributed by atoms with van der Waals surface area (Å²) in [5.74, 6) is 0. The van der Waals surface area contributed by atoms with E-state index in [1.807, 2.05) is 36.4 Å². The Morgan fingerprint density at radius 1 is 0.957 bits per heavy atom. The SMILES string of the molecule is CO[C@H]1C2=CC=CC=C[C@H]2n2c(=O)n(-c3ccccc3)c(=O)n21. The number of hydrogen-bond acceptors (Lipinski definition) is 3. The molecule has 6 nitrogen and oxygen atoms in total. The lowest BCUT2D eigenvalue weighted by Crippen LogP contribution is -2.30. The summed E-state index contributed by atoms with van der Waals surface area (Å²) in [6.07, 6.45) is 8.83. The molecule has 0 N–H and O–H groups in total. The molecule has 23 heavy (non-hydrogen) atoms. The van der Waals surface area contributed by atoms with Crippen LogP contribution in [0.2, 0.25) is 0 Å². The first-order valence-corrected chi connectivity index (χ1v) is 7.33. The summed E-state index contributed by atoms with van der Waals surface area (Å²) in [6, 6.07) is 8.59. The molecule has 1 aliphatic carbocycles. The molecule has 0 spiro atoms. The smallest absolute Gasteiger partial charge is 0.354 e. The molecular formula is C17H15N3O3. The highest BCUT2D eigenvalue weighted by Gasteiger charge is 2.39. The number of methoxy groups -OCH3 is 1. The minimum absolute atomic E-state index is 0.319. The predicted molar refractivity (Wildman–Crippen MR) is 85.7 cm³/mol. The highest BCUT2D eigenvalue weighted by molar-refractivity contribution is 5.35. The van der Waals surface area contributed by atoms with Crippen molar-refractivity contribution in [2.75, 3.05) is 7.11 Å². The number of aromatic nitrogens is 3. The van der Waals surface area contributed by atoms with Gasteiger partial charge in [-0.15, -0.1) is 0 Å². The lowest BCUT2D eigenvalue weighted by atomic mass is 10.1. The molecule has 0 saturated carbocycles. The zero-order valence-corrected chi connectivity index (χ0v) is 12.5. The van der Waals surface area contributed by atoms with E-state index in [9.17, 15) is 9.59 Å². The summed E-state index contributed by atoms with van der Waals surface area (Å²) in [4.78, 5) is 25.7. The fraction of sp³-hybridized carbons (Fsp3) is 0.176. The number of allylic oxidation sites excluding steroid dienone is 5. The molecule has 1 aromatic heterocycles. The van der Waals surface area contributed by atoms with Gasteiger partial charge in [-0.1, -0.05) is 48.6 Å². The summed E-state index contributed by atoms with van der Waals surface area (Å²) in [5, 5.41) is 0. The van der Waals surface area contributed by atoms with Gasteiger partial charge in [-0.25, -0.2) is 18.8 Å². The molecule has 0 unspecified atom stereocenters. The molecule has 2 heterocycles. The van der Waals surface area contributed by atoms with E-state index in [2.05, 4.69) is 0 Å².